The van der Waals surface area contributed by atoms with Crippen molar-refractivity contribution in [3.63, 3.8) is 0 Å². The molecule has 1 fully saturated rings. The van der Waals surface area contributed by atoms with Gasteiger partial charge in [0.25, 0.3) is 5.56 Å². The fraction of sp³-hybridized carbons (Fsp3) is 0.387. The van der Waals surface area contributed by atoms with Gasteiger partial charge in [0, 0.05) is 50.5 Å². The number of aliphatic hydroxyl groups is 1. The van der Waals surface area contributed by atoms with Gasteiger partial charge in [0.15, 0.2) is 5.65 Å². The van der Waals surface area contributed by atoms with Gasteiger partial charge in [-0.1, -0.05) is 31.8 Å². The van der Waals surface area contributed by atoms with E-state index in [0.717, 1.165) is 29.8 Å². The average Bonchev–Trinajstić information content (AvgIpc) is 3.64. The van der Waals surface area contributed by atoms with Crippen molar-refractivity contribution in [2.45, 2.75) is 58.0 Å². The van der Waals surface area contributed by atoms with Gasteiger partial charge in [-0.15, -0.1) is 5.10 Å². The first kappa shape index (κ1) is 29.2. The molecule has 0 amide bonds. The molecule has 3 heterocycles. The van der Waals surface area contributed by atoms with Crippen LogP contribution in [0.3, 0.4) is 0 Å². The minimum Gasteiger partial charge on any atom is -0.435 e. The molecular weight excluding hydrogens is 572 g/mol. The predicted octanol–water partition coefficient (Wildman–Crippen LogP) is 6.10. The van der Waals surface area contributed by atoms with E-state index in [9.17, 15) is 18.7 Å². The molecule has 2 aromatic carbocycles. The van der Waals surface area contributed by atoms with Crippen LogP contribution in [0, 0.1) is 5.92 Å². The third-order valence-electron chi connectivity index (χ3n) is 7.76. The normalized spacial score (nSPS) is 14.7. The van der Waals surface area contributed by atoms with Crippen molar-refractivity contribution in [2.75, 3.05) is 6.61 Å². The Balaban J connectivity index is 1.55. The largest absolute Gasteiger partial charge is 0.435 e. The van der Waals surface area contributed by atoms with Gasteiger partial charge >= 0.3 is 6.61 Å². The zero-order chi connectivity index (χ0) is 30.5. The fourth-order valence-corrected chi connectivity index (χ4v) is 6.08. The molecule has 12 heteroatoms. The Labute approximate surface area is 248 Å². The first-order valence-corrected chi connectivity index (χ1v) is 18.1. The smallest absolute Gasteiger partial charge is 0.387 e. The standard InChI is InChI=1S/C31H35F2N5O4Si/c1-36-16-21-15-22(9-12-25(21)34-36)38-30(40)26(19-7-10-23(11-8-19)42-31(32)33)27-24(28(39)20-5-6-20)17-37(29(27)35-38)18-41-13-14-43(2,3)4/h7-12,15-17,20,28,31,39H,5-6,13-14,18H2,1-4H3. The number of ether oxygens (including phenoxy) is 2. The van der Waals surface area contributed by atoms with Crippen LogP contribution >= 0.6 is 0 Å². The number of benzene rings is 2. The first-order chi connectivity index (χ1) is 20.5. The lowest BCUT2D eigenvalue weighted by Crippen LogP contribution is -2.24. The Hall–Kier alpha value is -3.87. The molecule has 0 bridgehead atoms. The summed E-state index contributed by atoms with van der Waals surface area (Å²) < 4.78 is 41.3. The number of nitrogens with zero attached hydrogens (tertiary/aromatic N) is 5. The molecule has 5 aromatic rings. The highest BCUT2D eigenvalue weighted by Gasteiger charge is 2.34. The van der Waals surface area contributed by atoms with Gasteiger partial charge < -0.3 is 19.1 Å². The Kier molecular flexibility index (Phi) is 7.69. The van der Waals surface area contributed by atoms with Gasteiger partial charge in [-0.3, -0.25) is 9.48 Å². The molecule has 226 valence electrons. The topological polar surface area (TPSA) is 96.3 Å². The highest BCUT2D eigenvalue weighted by atomic mass is 28.3. The second-order valence-electron chi connectivity index (χ2n) is 12.4. The van der Waals surface area contributed by atoms with E-state index in [0.29, 0.717) is 40.0 Å². The summed E-state index contributed by atoms with van der Waals surface area (Å²) in [4.78, 5) is 14.3. The van der Waals surface area contributed by atoms with Crippen LogP contribution in [0.4, 0.5) is 8.78 Å². The zero-order valence-electron chi connectivity index (χ0n) is 24.6. The van der Waals surface area contributed by atoms with Crippen LogP contribution < -0.4 is 10.3 Å². The maximum atomic E-state index is 14.3. The lowest BCUT2D eigenvalue weighted by Gasteiger charge is -2.16. The van der Waals surface area contributed by atoms with E-state index < -0.39 is 26.3 Å². The summed E-state index contributed by atoms with van der Waals surface area (Å²) >= 11 is 0. The van der Waals surface area contributed by atoms with Crippen molar-refractivity contribution in [2.24, 2.45) is 13.0 Å². The molecular formula is C31H35F2N5O4Si. The Morgan fingerprint density at radius 2 is 1.81 bits per heavy atom. The van der Waals surface area contributed by atoms with E-state index in [1.54, 1.807) is 22.9 Å². The molecule has 0 radical (unpaired) electrons. The lowest BCUT2D eigenvalue weighted by atomic mass is 9.98. The predicted molar refractivity (Wildman–Crippen MR) is 163 cm³/mol. The van der Waals surface area contributed by atoms with E-state index >= 15 is 0 Å². The molecule has 6 rings (SSSR count). The third-order valence-corrected chi connectivity index (χ3v) is 9.46. The number of hydrogen-bond acceptors (Lipinski definition) is 6. The molecule has 43 heavy (non-hydrogen) atoms. The van der Waals surface area contributed by atoms with Crippen LogP contribution in [-0.4, -0.2) is 50.5 Å². The SMILES string of the molecule is Cn1cc2cc(-n3nc4c(c(C(O)C5CC5)cn4COCC[Si](C)(C)C)c(-c4ccc(OC(F)F)cc4)c3=O)ccc2n1. The molecule has 0 spiro atoms. The van der Waals surface area contributed by atoms with Crippen LogP contribution in [0.2, 0.25) is 25.7 Å². The highest BCUT2D eigenvalue weighted by Crippen LogP contribution is 2.44. The highest BCUT2D eigenvalue weighted by molar-refractivity contribution is 6.76. The maximum absolute atomic E-state index is 14.3. The summed E-state index contributed by atoms with van der Waals surface area (Å²) in [5.41, 5.74) is 2.82. The minimum atomic E-state index is -2.96. The van der Waals surface area contributed by atoms with Crippen molar-refractivity contribution in [3.05, 3.63) is 70.8 Å². The van der Waals surface area contributed by atoms with Crippen LogP contribution in [0.25, 0.3) is 38.8 Å². The molecule has 3 aromatic heterocycles. The van der Waals surface area contributed by atoms with Gasteiger partial charge in [0.2, 0.25) is 0 Å². The fourth-order valence-electron chi connectivity index (χ4n) is 5.33. The van der Waals surface area contributed by atoms with E-state index in [2.05, 4.69) is 29.5 Å². The molecule has 1 unspecified atom stereocenters. The summed E-state index contributed by atoms with van der Waals surface area (Å²) in [6.45, 7) is 4.68. The summed E-state index contributed by atoms with van der Waals surface area (Å²) in [5, 5.41) is 22.0. The zero-order valence-corrected chi connectivity index (χ0v) is 25.6. The van der Waals surface area contributed by atoms with E-state index in [1.165, 1.54) is 16.8 Å². The van der Waals surface area contributed by atoms with Crippen molar-refractivity contribution in [1.29, 1.82) is 0 Å². The Morgan fingerprint density at radius 3 is 2.49 bits per heavy atom. The summed E-state index contributed by atoms with van der Waals surface area (Å²) in [6, 6.07) is 12.4. The van der Waals surface area contributed by atoms with Crippen LogP contribution in [0.1, 0.15) is 24.5 Å². The van der Waals surface area contributed by atoms with Gasteiger partial charge in [-0.25, -0.2) is 0 Å². The van der Waals surface area contributed by atoms with Gasteiger partial charge in [0.05, 0.1) is 22.9 Å². The number of alkyl halides is 2. The van der Waals surface area contributed by atoms with Crippen molar-refractivity contribution in [1.82, 2.24) is 24.1 Å². The molecule has 1 saturated carbocycles. The van der Waals surface area contributed by atoms with E-state index in [1.807, 2.05) is 36.1 Å². The number of rotatable bonds is 11. The van der Waals surface area contributed by atoms with E-state index in [4.69, 9.17) is 9.84 Å². The van der Waals surface area contributed by atoms with Crippen LogP contribution in [0.15, 0.2) is 59.7 Å². The van der Waals surface area contributed by atoms with Gasteiger partial charge in [0.1, 0.15) is 12.5 Å². The molecule has 9 nitrogen and oxygen atoms in total. The lowest BCUT2D eigenvalue weighted by molar-refractivity contribution is -0.0498. The second-order valence-corrected chi connectivity index (χ2v) is 18.0. The average molecular weight is 608 g/mol. The Bertz CT molecular complexity index is 1840. The third kappa shape index (κ3) is 6.13. The summed E-state index contributed by atoms with van der Waals surface area (Å²) in [5.74, 6) is 0.0787. The molecule has 1 aliphatic carbocycles. The maximum Gasteiger partial charge on any atom is 0.387 e. The molecule has 1 aliphatic rings. The van der Waals surface area contributed by atoms with E-state index in [-0.39, 0.29) is 18.4 Å². The van der Waals surface area contributed by atoms with Crippen molar-refractivity contribution >= 4 is 30.0 Å². The molecule has 1 atom stereocenters. The number of fused-ring (bicyclic) bond motifs is 2. The quantitative estimate of drug-likeness (QED) is 0.144. The number of aryl methyl sites for hydroxylation is 1. The van der Waals surface area contributed by atoms with Gasteiger partial charge in [-0.2, -0.15) is 18.6 Å². The van der Waals surface area contributed by atoms with Crippen molar-refractivity contribution < 1.29 is 23.4 Å². The first-order valence-electron chi connectivity index (χ1n) is 14.4. The monoisotopic (exact) mass is 607 g/mol. The Morgan fingerprint density at radius 1 is 1.07 bits per heavy atom. The molecule has 0 aliphatic heterocycles. The van der Waals surface area contributed by atoms with Crippen LogP contribution in [-0.2, 0) is 18.5 Å². The summed E-state index contributed by atoms with van der Waals surface area (Å²) in [7, 11) is 0.514. The molecule has 1 N–H and O–H groups in total. The molecule has 0 saturated heterocycles. The van der Waals surface area contributed by atoms with Gasteiger partial charge in [-0.05, 0) is 60.7 Å². The second kappa shape index (κ2) is 11.3. The number of hydrogen-bond donors (Lipinski definition) is 1. The number of halogens is 2. The summed E-state index contributed by atoms with van der Waals surface area (Å²) in [6.07, 6.45) is 4.71. The number of aliphatic hydroxyl groups excluding tert-OH is 1. The van der Waals surface area contributed by atoms with Crippen molar-refractivity contribution in [3.8, 4) is 22.6 Å². The number of aromatic nitrogens is 5. The minimum absolute atomic E-state index is 0.0157. The van der Waals surface area contributed by atoms with Crippen LogP contribution in [0.5, 0.6) is 5.75 Å².